The fourth-order valence-corrected chi connectivity index (χ4v) is 4.97. The average Bonchev–Trinajstić information content (AvgIpc) is 3.11. The molecule has 1 saturated heterocycles. The molecule has 2 aromatic rings. The van der Waals surface area contributed by atoms with E-state index in [0.717, 1.165) is 54.1 Å². The Balaban J connectivity index is 1.43. The molecule has 7 nitrogen and oxygen atoms in total. The second-order valence-electron chi connectivity index (χ2n) is 6.97. The minimum absolute atomic E-state index is 0.0251. The molecule has 8 heteroatoms. The van der Waals surface area contributed by atoms with E-state index in [9.17, 15) is 4.79 Å². The number of allylic oxidation sites excluding steroid dienone is 1. The number of fused-ring (bicyclic) bond motifs is 2. The van der Waals surface area contributed by atoms with Crippen molar-refractivity contribution >= 4 is 25.3 Å². The maximum absolute atomic E-state index is 12.8. The zero-order valence-electron chi connectivity index (χ0n) is 15.1. The summed E-state index contributed by atoms with van der Waals surface area (Å²) in [5, 5.41) is 9.02. The van der Waals surface area contributed by atoms with Crippen LogP contribution in [0.2, 0.25) is 0 Å². The summed E-state index contributed by atoms with van der Waals surface area (Å²) in [5.41, 5.74) is 3.84. The van der Waals surface area contributed by atoms with Gasteiger partial charge in [-0.3, -0.25) is 9.78 Å². The number of aromatic nitrogens is 3. The molecule has 1 fully saturated rings. The number of piperazine rings is 1. The van der Waals surface area contributed by atoms with Crippen LogP contribution < -0.4 is 5.32 Å². The van der Waals surface area contributed by atoms with Gasteiger partial charge < -0.3 is 15.1 Å². The van der Waals surface area contributed by atoms with E-state index in [1.165, 1.54) is 0 Å². The number of nitrogens with zero attached hydrogens (tertiary/aromatic N) is 5. The summed E-state index contributed by atoms with van der Waals surface area (Å²) in [6.07, 6.45) is 11.8. The lowest BCUT2D eigenvalue weighted by Crippen LogP contribution is -2.44. The molecule has 2 aromatic heterocycles. The van der Waals surface area contributed by atoms with E-state index in [0.29, 0.717) is 8.58 Å². The van der Waals surface area contributed by atoms with Gasteiger partial charge in [-0.15, -0.1) is 0 Å². The van der Waals surface area contributed by atoms with Gasteiger partial charge in [-0.1, -0.05) is 14.7 Å². The van der Waals surface area contributed by atoms with Crippen molar-refractivity contribution in [1.82, 2.24) is 29.7 Å². The van der Waals surface area contributed by atoms with Crippen LogP contribution >= 0.6 is 8.58 Å². The predicted octanol–water partition coefficient (Wildman–Crippen LogP) is 1.54. The van der Waals surface area contributed by atoms with Crippen LogP contribution in [-0.2, 0) is 4.79 Å². The minimum Gasteiger partial charge on any atom is -0.368 e. The van der Waals surface area contributed by atoms with Gasteiger partial charge in [-0.2, -0.15) is 5.10 Å². The molecular weight excluding hydrogens is 359 g/mol. The van der Waals surface area contributed by atoms with Crippen LogP contribution in [0.1, 0.15) is 11.4 Å². The quantitative estimate of drug-likeness (QED) is 0.801. The highest BCUT2D eigenvalue weighted by atomic mass is 31.1. The number of carbonyl (C=O) groups is 1. The lowest BCUT2D eigenvalue weighted by molar-refractivity contribution is -0.123. The van der Waals surface area contributed by atoms with Gasteiger partial charge in [0.1, 0.15) is 0 Å². The second kappa shape index (κ2) is 6.59. The van der Waals surface area contributed by atoms with Gasteiger partial charge in [-0.05, 0) is 19.1 Å². The number of aryl methyl sites for hydroxylation is 1. The Hall–Kier alpha value is -2.50. The number of rotatable bonds is 2. The van der Waals surface area contributed by atoms with Crippen molar-refractivity contribution in [2.75, 3.05) is 26.2 Å². The van der Waals surface area contributed by atoms with E-state index in [-0.39, 0.29) is 11.7 Å². The highest BCUT2D eigenvalue weighted by molar-refractivity contribution is 7.51. The van der Waals surface area contributed by atoms with Crippen molar-refractivity contribution < 1.29 is 4.79 Å². The van der Waals surface area contributed by atoms with Crippen LogP contribution in [0.4, 0.5) is 0 Å². The van der Waals surface area contributed by atoms with E-state index in [2.05, 4.69) is 32.5 Å². The van der Waals surface area contributed by atoms with Crippen LogP contribution in [0, 0.1) is 6.92 Å². The first-order chi connectivity index (χ1) is 13.2. The molecule has 0 bridgehead atoms. The van der Waals surface area contributed by atoms with Crippen LogP contribution in [0.5, 0.6) is 0 Å². The third-order valence-corrected chi connectivity index (χ3v) is 6.56. The normalized spacial score (nSPS) is 23.6. The van der Waals surface area contributed by atoms with Crippen LogP contribution in [0.3, 0.4) is 0 Å². The van der Waals surface area contributed by atoms with Crippen LogP contribution in [0.15, 0.2) is 48.6 Å². The largest absolute Gasteiger partial charge is 0.368 e. The Morgan fingerprint density at radius 2 is 2.15 bits per heavy atom. The Kier molecular flexibility index (Phi) is 4.06. The summed E-state index contributed by atoms with van der Waals surface area (Å²) < 4.78 is 1.83. The lowest BCUT2D eigenvalue weighted by atomic mass is 10.2. The standard InChI is InChI=1S/C19H21N6OP/c1-13-11-25-15(10-21-13)8-16(22-25)17-9-18(26)24-12-14(2-3-19(24)27-17)23-6-4-20-5-7-23/h2-3,8-12,19-20,27H,4-7H2,1H3. The maximum Gasteiger partial charge on any atom is 0.252 e. The highest BCUT2D eigenvalue weighted by Gasteiger charge is 2.30. The van der Waals surface area contributed by atoms with E-state index < -0.39 is 0 Å². The van der Waals surface area contributed by atoms with Crippen molar-refractivity contribution in [3.8, 4) is 0 Å². The molecule has 5 heterocycles. The third kappa shape index (κ3) is 3.07. The summed E-state index contributed by atoms with van der Waals surface area (Å²) in [7, 11) is 0.474. The van der Waals surface area contributed by atoms with Crippen molar-refractivity contribution in [1.29, 1.82) is 0 Å². The van der Waals surface area contributed by atoms with Crippen LogP contribution in [-0.4, -0.2) is 62.3 Å². The zero-order valence-corrected chi connectivity index (χ0v) is 16.1. The minimum atomic E-state index is 0.0251. The number of nitrogens with one attached hydrogen (secondary N) is 1. The Bertz CT molecular complexity index is 1000. The summed E-state index contributed by atoms with van der Waals surface area (Å²) in [6.45, 7) is 5.86. The summed E-state index contributed by atoms with van der Waals surface area (Å²) in [4.78, 5) is 21.3. The van der Waals surface area contributed by atoms with Crippen molar-refractivity contribution in [3.05, 3.63) is 60.0 Å². The second-order valence-corrected chi connectivity index (χ2v) is 8.39. The molecule has 138 valence electrons. The van der Waals surface area contributed by atoms with E-state index in [1.54, 1.807) is 6.08 Å². The fraction of sp³-hybridized carbons (Fsp3) is 0.316. The van der Waals surface area contributed by atoms with Crippen LogP contribution in [0.25, 0.3) is 10.8 Å². The van der Waals surface area contributed by atoms with Crippen molar-refractivity contribution in [2.24, 2.45) is 0 Å². The molecule has 0 spiro atoms. The predicted molar refractivity (Wildman–Crippen MR) is 106 cm³/mol. The van der Waals surface area contributed by atoms with Gasteiger partial charge in [0.15, 0.2) is 0 Å². The average molecular weight is 380 g/mol. The molecule has 0 radical (unpaired) electrons. The SMILES string of the molecule is Cc1cn2nc(C3=CC(=O)N4C=C(N5CCNCC5)C=CC4P3)cc2cn1. The Morgan fingerprint density at radius 3 is 3.00 bits per heavy atom. The Labute approximate surface area is 159 Å². The molecule has 5 rings (SSSR count). The molecule has 0 saturated carbocycles. The van der Waals surface area contributed by atoms with Gasteiger partial charge >= 0.3 is 0 Å². The van der Waals surface area contributed by atoms with E-state index >= 15 is 0 Å². The lowest BCUT2D eigenvalue weighted by Gasteiger charge is -2.37. The maximum atomic E-state index is 12.8. The first-order valence-corrected chi connectivity index (χ1v) is 10.2. The fourth-order valence-electron chi connectivity index (χ4n) is 3.64. The summed E-state index contributed by atoms with van der Waals surface area (Å²) in [5.74, 6) is 0.103. The first kappa shape index (κ1) is 16.7. The van der Waals surface area contributed by atoms with Gasteiger partial charge in [0.2, 0.25) is 0 Å². The molecule has 3 aliphatic heterocycles. The molecule has 3 aliphatic rings. The van der Waals surface area contributed by atoms with E-state index in [1.807, 2.05) is 41.0 Å². The molecule has 27 heavy (non-hydrogen) atoms. The van der Waals surface area contributed by atoms with Gasteiger partial charge in [0.05, 0.1) is 40.8 Å². The molecular formula is C19H21N6OP. The Morgan fingerprint density at radius 1 is 1.30 bits per heavy atom. The zero-order chi connectivity index (χ0) is 18.4. The first-order valence-electron chi connectivity index (χ1n) is 9.16. The number of amides is 1. The molecule has 2 atom stereocenters. The number of hydrogen-bond acceptors (Lipinski definition) is 5. The number of carbonyl (C=O) groups excluding carboxylic acids is 1. The molecule has 0 aromatic carbocycles. The smallest absolute Gasteiger partial charge is 0.252 e. The third-order valence-electron chi connectivity index (χ3n) is 5.08. The van der Waals surface area contributed by atoms with E-state index in [4.69, 9.17) is 0 Å². The highest BCUT2D eigenvalue weighted by Crippen LogP contribution is 2.44. The molecule has 0 aliphatic carbocycles. The summed E-state index contributed by atoms with van der Waals surface area (Å²) in [6, 6.07) is 2.00. The van der Waals surface area contributed by atoms with Crippen molar-refractivity contribution in [2.45, 2.75) is 12.7 Å². The van der Waals surface area contributed by atoms with Gasteiger partial charge in [-0.25, -0.2) is 4.52 Å². The summed E-state index contributed by atoms with van der Waals surface area (Å²) >= 11 is 0. The van der Waals surface area contributed by atoms with Crippen molar-refractivity contribution in [3.63, 3.8) is 0 Å². The van der Waals surface area contributed by atoms with Gasteiger partial charge in [0.25, 0.3) is 5.91 Å². The molecule has 2 unspecified atom stereocenters. The molecule has 1 N–H and O–H groups in total. The monoisotopic (exact) mass is 380 g/mol. The molecule has 1 amide bonds. The van der Waals surface area contributed by atoms with Gasteiger partial charge in [0, 0.05) is 43.8 Å². The number of hydrogen-bond donors (Lipinski definition) is 1. The topological polar surface area (TPSA) is 65.8 Å².